The van der Waals surface area contributed by atoms with Gasteiger partial charge in [-0.1, -0.05) is 64.3 Å². The van der Waals surface area contributed by atoms with Gasteiger partial charge >= 0.3 is 11.9 Å². The van der Waals surface area contributed by atoms with Crippen LogP contribution in [0.5, 0.6) is 0 Å². The maximum absolute atomic E-state index is 10.8. The first kappa shape index (κ1) is 38.7. The number of rotatable bonds is 1. The number of esters is 1. The SMILES string of the molecule is CC.CC.CC.CC#CC(=O)OC.Cc1nn2cccnc2c1C(=O)O.N[n+]1ccccc1.c1ccncc1. The molecule has 10 nitrogen and oxygen atoms in total. The van der Waals surface area contributed by atoms with Gasteiger partial charge in [-0.2, -0.15) is 5.10 Å². The number of carbonyl (C=O) groups is 2. The summed E-state index contributed by atoms with van der Waals surface area (Å²) in [7, 11) is 1.30. The molecule has 4 heterocycles. The van der Waals surface area contributed by atoms with Crippen LogP contribution in [0.1, 0.15) is 64.5 Å². The van der Waals surface area contributed by atoms with Crippen molar-refractivity contribution in [3.63, 3.8) is 0 Å². The van der Waals surface area contributed by atoms with Gasteiger partial charge in [0.05, 0.1) is 12.8 Å². The molecule has 0 aliphatic heterocycles. The largest absolute Gasteiger partial charge is 0.477 e. The van der Waals surface area contributed by atoms with Crippen LogP contribution < -0.4 is 10.5 Å². The van der Waals surface area contributed by atoms with Gasteiger partial charge in [-0.25, -0.2) is 24.9 Å². The molecule has 0 saturated carbocycles. The minimum Gasteiger partial charge on any atom is -0.477 e. The quantitative estimate of drug-likeness (QED) is 0.116. The lowest BCUT2D eigenvalue weighted by atomic mass is 10.2. The van der Waals surface area contributed by atoms with E-state index in [9.17, 15) is 9.59 Å². The van der Waals surface area contributed by atoms with Gasteiger partial charge < -0.3 is 9.84 Å². The maximum Gasteiger partial charge on any atom is 0.384 e. The molecule has 0 aliphatic carbocycles. The number of carboxylic acids is 1. The summed E-state index contributed by atoms with van der Waals surface area (Å²) >= 11 is 0. The molecule has 0 aliphatic rings. The highest BCUT2D eigenvalue weighted by molar-refractivity contribution is 5.95. The van der Waals surface area contributed by atoms with Gasteiger partial charge in [-0.05, 0) is 32.0 Å². The van der Waals surface area contributed by atoms with Crippen molar-refractivity contribution in [2.75, 3.05) is 13.0 Å². The first-order valence-electron chi connectivity index (χ1n) is 12.5. The second-order valence-corrected chi connectivity index (χ2v) is 5.87. The standard InChI is InChI=1S/C8H7N3O2.C5H7N2.C5H5N.C5H6O2.3C2H6/c1-5-6(8(12)13)7-9-3-2-4-11(7)10-5;6-7-4-2-1-3-5-7;1-2-4-6-5-3-1;1-3-4-5(6)7-2;3*1-2/h2-4H,1H3,(H,12,13);1-5H,6H2;1-5H;1-2H3;3*1-2H3/q;+1;;;;;. The Morgan fingerprint density at radius 3 is 1.79 bits per heavy atom. The van der Waals surface area contributed by atoms with Crippen molar-refractivity contribution < 1.29 is 24.1 Å². The molecule has 0 saturated heterocycles. The van der Waals surface area contributed by atoms with E-state index in [1.165, 1.54) is 16.3 Å². The second kappa shape index (κ2) is 27.8. The third-order valence-corrected chi connectivity index (χ3v) is 3.50. The number of carboxylic acid groups (broad SMARTS) is 1. The molecule has 0 bridgehead atoms. The number of aryl methyl sites for hydroxylation is 1. The summed E-state index contributed by atoms with van der Waals surface area (Å²) in [5.41, 5.74) is 1.03. The summed E-state index contributed by atoms with van der Waals surface area (Å²) in [6.45, 7) is 15.2. The van der Waals surface area contributed by atoms with Gasteiger partial charge in [0.15, 0.2) is 18.0 Å². The maximum atomic E-state index is 10.8. The van der Waals surface area contributed by atoms with Crippen molar-refractivity contribution in [1.29, 1.82) is 0 Å². The molecule has 0 aromatic carbocycles. The zero-order chi connectivity index (χ0) is 30.5. The van der Waals surface area contributed by atoms with E-state index in [0.29, 0.717) is 11.3 Å². The molecule has 0 radical (unpaired) electrons. The number of methoxy groups -OCH3 is 1. The van der Waals surface area contributed by atoms with Crippen LogP contribution in [0.25, 0.3) is 5.65 Å². The first-order chi connectivity index (χ1) is 18.9. The van der Waals surface area contributed by atoms with Crippen LogP contribution in [0.2, 0.25) is 0 Å². The summed E-state index contributed by atoms with van der Waals surface area (Å²) in [5.74, 6) is 8.37. The summed E-state index contributed by atoms with van der Waals surface area (Å²) in [5, 5.41) is 12.9. The molecule has 0 spiro atoms. The molecule has 39 heavy (non-hydrogen) atoms. The van der Waals surface area contributed by atoms with E-state index < -0.39 is 11.9 Å². The fourth-order valence-corrected chi connectivity index (χ4v) is 2.12. The van der Waals surface area contributed by atoms with Crippen LogP contribution >= 0.6 is 0 Å². The number of nitrogen functional groups attached to an aromatic ring is 1. The lowest BCUT2D eigenvalue weighted by Crippen LogP contribution is -2.42. The number of aromatic carboxylic acids is 1. The van der Waals surface area contributed by atoms with Crippen LogP contribution in [0.15, 0.2) is 79.6 Å². The average molecular weight is 540 g/mol. The highest BCUT2D eigenvalue weighted by Crippen LogP contribution is 2.11. The number of nitrogens with two attached hydrogens (primary N) is 1. The fraction of sp³-hybridized carbons (Fsp3) is 0.310. The predicted octanol–water partition coefficient (Wildman–Crippen LogP) is 4.77. The first-order valence-corrected chi connectivity index (χ1v) is 12.5. The molecule has 4 rings (SSSR count). The Morgan fingerprint density at radius 2 is 1.46 bits per heavy atom. The van der Waals surface area contributed by atoms with E-state index in [4.69, 9.17) is 10.9 Å². The Kier molecular flexibility index (Phi) is 27.6. The van der Waals surface area contributed by atoms with Crippen LogP contribution in [0, 0.1) is 18.8 Å². The van der Waals surface area contributed by atoms with Crippen molar-refractivity contribution >= 4 is 17.6 Å². The molecule has 0 amide bonds. The molecular formula is C29H43N6O4+. The third kappa shape index (κ3) is 19.1. The number of fused-ring (bicyclic) bond motifs is 1. The summed E-state index contributed by atoms with van der Waals surface area (Å²) in [4.78, 5) is 28.5. The van der Waals surface area contributed by atoms with Crippen molar-refractivity contribution in [3.05, 3.63) is 90.9 Å². The van der Waals surface area contributed by atoms with Gasteiger partial charge in [0.1, 0.15) is 5.56 Å². The zero-order valence-electron chi connectivity index (χ0n) is 24.5. The Morgan fingerprint density at radius 1 is 0.923 bits per heavy atom. The Bertz CT molecular complexity index is 1160. The lowest BCUT2D eigenvalue weighted by molar-refractivity contribution is -0.638. The van der Waals surface area contributed by atoms with Gasteiger partial charge in [-0.15, -0.1) is 0 Å². The van der Waals surface area contributed by atoms with E-state index in [0.717, 1.165) is 0 Å². The monoisotopic (exact) mass is 539 g/mol. The van der Waals surface area contributed by atoms with Crippen molar-refractivity contribution in [2.45, 2.75) is 55.4 Å². The average Bonchev–Trinajstić information content (AvgIpc) is 3.34. The molecule has 212 valence electrons. The second-order valence-electron chi connectivity index (χ2n) is 5.87. The number of nitrogens with zero attached hydrogens (tertiary/aromatic N) is 5. The van der Waals surface area contributed by atoms with Crippen LogP contribution in [-0.2, 0) is 9.53 Å². The zero-order valence-corrected chi connectivity index (χ0v) is 24.5. The molecule has 0 atom stereocenters. The van der Waals surface area contributed by atoms with Gasteiger partial charge in [0, 0.05) is 42.8 Å². The Labute approximate surface area is 232 Å². The van der Waals surface area contributed by atoms with Crippen LogP contribution in [0.3, 0.4) is 0 Å². The van der Waals surface area contributed by atoms with Gasteiger partial charge in [0.25, 0.3) is 0 Å². The smallest absolute Gasteiger partial charge is 0.384 e. The number of hydrogen-bond acceptors (Lipinski definition) is 7. The lowest BCUT2D eigenvalue weighted by Gasteiger charge is -1.90. The minimum absolute atomic E-state index is 0.167. The Balaban J connectivity index is -0.000000435. The normalized spacial score (nSPS) is 7.82. The highest BCUT2D eigenvalue weighted by Gasteiger charge is 2.16. The van der Waals surface area contributed by atoms with Gasteiger partial charge in [0.2, 0.25) is 0 Å². The molecule has 0 fully saturated rings. The van der Waals surface area contributed by atoms with E-state index in [-0.39, 0.29) is 5.56 Å². The van der Waals surface area contributed by atoms with Crippen molar-refractivity contribution in [1.82, 2.24) is 19.6 Å². The fourth-order valence-electron chi connectivity index (χ4n) is 2.12. The minimum atomic E-state index is -0.994. The number of carbonyl (C=O) groups excluding carboxylic acids is 1. The van der Waals surface area contributed by atoms with E-state index in [1.807, 2.05) is 77.9 Å². The number of pyridine rings is 2. The molecule has 3 N–H and O–H groups in total. The molecule has 0 unspecified atom stereocenters. The number of aromatic nitrogens is 5. The topological polar surface area (TPSA) is 137 Å². The molecular weight excluding hydrogens is 496 g/mol. The summed E-state index contributed by atoms with van der Waals surface area (Å²) in [6, 6.07) is 13.1. The Hall–Kier alpha value is -4.78. The molecule has 4 aromatic rings. The van der Waals surface area contributed by atoms with E-state index in [2.05, 4.69) is 31.6 Å². The predicted molar refractivity (Wildman–Crippen MR) is 155 cm³/mol. The molecule has 4 aromatic heterocycles. The van der Waals surface area contributed by atoms with Gasteiger partial charge in [-0.3, -0.25) is 4.98 Å². The van der Waals surface area contributed by atoms with Crippen LogP contribution in [-0.4, -0.2) is 43.7 Å². The van der Waals surface area contributed by atoms with E-state index >= 15 is 0 Å². The third-order valence-electron chi connectivity index (χ3n) is 3.50. The van der Waals surface area contributed by atoms with Crippen molar-refractivity contribution in [3.8, 4) is 11.8 Å². The van der Waals surface area contributed by atoms with Crippen molar-refractivity contribution in [2.24, 2.45) is 0 Å². The summed E-state index contributed by atoms with van der Waals surface area (Å²) < 4.78 is 7.14. The van der Waals surface area contributed by atoms with E-state index in [1.54, 1.807) is 57.1 Å². The van der Waals surface area contributed by atoms with Crippen LogP contribution in [0.4, 0.5) is 0 Å². The number of ether oxygens (including phenoxy) is 1. The molecule has 10 heteroatoms. The number of hydrogen-bond donors (Lipinski definition) is 2. The highest BCUT2D eigenvalue weighted by atomic mass is 16.5. The summed E-state index contributed by atoms with van der Waals surface area (Å²) in [6.07, 6.45) is 10.3.